The molecule has 0 spiro atoms. The van der Waals surface area contributed by atoms with Crippen molar-refractivity contribution in [1.82, 2.24) is 15.1 Å². The molecular formula is C21H27N3O4. The van der Waals surface area contributed by atoms with Crippen LogP contribution in [0.25, 0.3) is 6.08 Å². The fraction of sp³-hybridized carbons (Fsp3) is 0.381. The Labute approximate surface area is 165 Å². The first-order valence-electron chi connectivity index (χ1n) is 9.11. The number of aromatic nitrogens is 2. The van der Waals surface area contributed by atoms with Crippen LogP contribution in [0.1, 0.15) is 29.4 Å². The third-order valence-electron chi connectivity index (χ3n) is 4.49. The van der Waals surface area contributed by atoms with Crippen molar-refractivity contribution in [2.45, 2.75) is 33.3 Å². The fourth-order valence-corrected chi connectivity index (χ4v) is 2.72. The van der Waals surface area contributed by atoms with Crippen molar-refractivity contribution >= 4 is 18.0 Å². The van der Waals surface area contributed by atoms with Gasteiger partial charge in [-0.3, -0.25) is 9.48 Å². The van der Waals surface area contributed by atoms with Gasteiger partial charge in [-0.1, -0.05) is 12.1 Å². The topological polar surface area (TPSA) is 82.4 Å². The Kier molecular flexibility index (Phi) is 7.37. The highest BCUT2D eigenvalue weighted by Crippen LogP contribution is 2.14. The highest BCUT2D eigenvalue weighted by atomic mass is 16.5. The van der Waals surface area contributed by atoms with Gasteiger partial charge in [0.05, 0.1) is 12.8 Å². The van der Waals surface area contributed by atoms with Crippen LogP contribution in [0, 0.1) is 13.8 Å². The summed E-state index contributed by atoms with van der Waals surface area (Å²) in [4.78, 5) is 24.1. The molecule has 7 heteroatoms. The maximum absolute atomic E-state index is 12.1. The molecule has 2 aromatic rings. The molecule has 1 atom stereocenters. The van der Waals surface area contributed by atoms with E-state index in [4.69, 9.17) is 9.47 Å². The molecule has 1 heterocycles. The SMILES string of the molecule is COc1ccc(CCNC(=O)[C@@H](C)OC(=O)/C=C/c2c(C)nn(C)c2C)cc1. The van der Waals surface area contributed by atoms with E-state index in [9.17, 15) is 9.59 Å². The van der Waals surface area contributed by atoms with Crippen LogP contribution in [0.5, 0.6) is 5.75 Å². The number of carbonyl (C=O) groups excluding carboxylic acids is 2. The molecule has 0 aliphatic heterocycles. The van der Waals surface area contributed by atoms with Crippen LogP contribution in [-0.4, -0.2) is 41.4 Å². The van der Waals surface area contributed by atoms with Gasteiger partial charge in [0.15, 0.2) is 6.10 Å². The second kappa shape index (κ2) is 9.73. The van der Waals surface area contributed by atoms with Gasteiger partial charge in [0.2, 0.25) is 0 Å². The Hall–Kier alpha value is -3.09. The number of methoxy groups -OCH3 is 1. The summed E-state index contributed by atoms with van der Waals surface area (Å²) in [5, 5.41) is 7.06. The van der Waals surface area contributed by atoms with Crippen LogP contribution in [-0.2, 0) is 27.8 Å². The maximum atomic E-state index is 12.1. The second-order valence-corrected chi connectivity index (χ2v) is 6.51. The number of hydrogen-bond donors (Lipinski definition) is 1. The van der Waals surface area contributed by atoms with Crippen LogP contribution < -0.4 is 10.1 Å². The first kappa shape index (κ1) is 21.2. The van der Waals surface area contributed by atoms with E-state index >= 15 is 0 Å². The lowest BCUT2D eigenvalue weighted by Crippen LogP contribution is -2.36. The van der Waals surface area contributed by atoms with Gasteiger partial charge in [-0.15, -0.1) is 0 Å². The quantitative estimate of drug-likeness (QED) is 0.557. The zero-order valence-electron chi connectivity index (χ0n) is 17.0. The van der Waals surface area contributed by atoms with E-state index in [1.165, 1.54) is 6.08 Å². The van der Waals surface area contributed by atoms with Gasteiger partial charge >= 0.3 is 5.97 Å². The van der Waals surface area contributed by atoms with E-state index in [1.54, 1.807) is 24.8 Å². The summed E-state index contributed by atoms with van der Waals surface area (Å²) >= 11 is 0. The minimum absolute atomic E-state index is 0.330. The zero-order chi connectivity index (χ0) is 20.7. The van der Waals surface area contributed by atoms with Crippen LogP contribution in [0.4, 0.5) is 0 Å². The van der Waals surface area contributed by atoms with Gasteiger partial charge in [0, 0.05) is 30.9 Å². The van der Waals surface area contributed by atoms with Crippen molar-refractivity contribution in [1.29, 1.82) is 0 Å². The molecule has 1 aromatic heterocycles. The molecule has 0 bridgehead atoms. The third kappa shape index (κ3) is 5.70. The minimum Gasteiger partial charge on any atom is -0.497 e. The van der Waals surface area contributed by atoms with E-state index in [0.29, 0.717) is 13.0 Å². The molecule has 0 radical (unpaired) electrons. The number of nitrogens with one attached hydrogen (secondary N) is 1. The first-order valence-corrected chi connectivity index (χ1v) is 9.11. The molecule has 0 aliphatic rings. The van der Waals surface area contributed by atoms with Crippen LogP contribution in [0.3, 0.4) is 0 Å². The standard InChI is InChI=1S/C21H27N3O4/c1-14-19(15(2)24(4)23-14)10-11-20(25)28-16(3)21(26)22-13-12-17-6-8-18(27-5)9-7-17/h6-11,16H,12-13H2,1-5H3,(H,22,26)/b11-10+/t16-/m1/s1. The molecule has 1 amide bonds. The number of aryl methyl sites for hydroxylation is 2. The molecule has 0 unspecified atom stereocenters. The average molecular weight is 385 g/mol. The minimum atomic E-state index is -0.871. The molecule has 0 saturated heterocycles. The number of hydrogen-bond acceptors (Lipinski definition) is 5. The van der Waals surface area contributed by atoms with Crippen LogP contribution in [0.2, 0.25) is 0 Å². The Bertz CT molecular complexity index is 853. The molecule has 150 valence electrons. The maximum Gasteiger partial charge on any atom is 0.331 e. The highest BCUT2D eigenvalue weighted by Gasteiger charge is 2.16. The van der Waals surface area contributed by atoms with Gasteiger partial charge in [-0.25, -0.2) is 4.79 Å². The van der Waals surface area contributed by atoms with Gasteiger partial charge in [0.25, 0.3) is 5.91 Å². The summed E-state index contributed by atoms with van der Waals surface area (Å²) in [7, 11) is 3.46. The number of ether oxygens (including phenoxy) is 2. The van der Waals surface area contributed by atoms with Crippen molar-refractivity contribution in [3.63, 3.8) is 0 Å². The van der Waals surface area contributed by atoms with Gasteiger partial charge in [-0.2, -0.15) is 5.10 Å². The molecule has 1 N–H and O–H groups in total. The number of amides is 1. The Morgan fingerprint density at radius 2 is 1.93 bits per heavy atom. The molecule has 0 aliphatic carbocycles. The summed E-state index contributed by atoms with van der Waals surface area (Å²) in [6, 6.07) is 7.64. The lowest BCUT2D eigenvalue weighted by molar-refractivity contribution is -0.150. The largest absolute Gasteiger partial charge is 0.497 e. The first-order chi connectivity index (χ1) is 13.3. The Balaban J connectivity index is 1.79. The van der Waals surface area contributed by atoms with Gasteiger partial charge in [-0.05, 0) is 51.0 Å². The van der Waals surface area contributed by atoms with E-state index < -0.39 is 12.1 Å². The van der Waals surface area contributed by atoms with Crippen molar-refractivity contribution in [3.8, 4) is 5.75 Å². The molecule has 0 saturated carbocycles. The summed E-state index contributed by atoms with van der Waals surface area (Å²) in [6.07, 6.45) is 2.78. The molecule has 0 fully saturated rings. The summed E-state index contributed by atoms with van der Waals surface area (Å²) in [5.74, 6) is -0.109. The number of rotatable bonds is 8. The normalized spacial score (nSPS) is 12.0. The van der Waals surface area contributed by atoms with E-state index in [2.05, 4.69) is 10.4 Å². The van der Waals surface area contributed by atoms with Crippen molar-refractivity contribution in [3.05, 3.63) is 52.9 Å². The summed E-state index contributed by atoms with van der Waals surface area (Å²) in [6.45, 7) is 5.80. The number of nitrogens with zero attached hydrogens (tertiary/aromatic N) is 2. The lowest BCUT2D eigenvalue weighted by atomic mass is 10.1. The van der Waals surface area contributed by atoms with E-state index in [-0.39, 0.29) is 5.91 Å². The molecular weight excluding hydrogens is 358 g/mol. The van der Waals surface area contributed by atoms with Gasteiger partial charge < -0.3 is 14.8 Å². The molecule has 2 rings (SSSR count). The lowest BCUT2D eigenvalue weighted by Gasteiger charge is -2.12. The van der Waals surface area contributed by atoms with Crippen molar-refractivity contribution in [2.75, 3.05) is 13.7 Å². The predicted molar refractivity (Wildman–Crippen MR) is 107 cm³/mol. The zero-order valence-corrected chi connectivity index (χ0v) is 17.0. The Morgan fingerprint density at radius 3 is 2.50 bits per heavy atom. The molecule has 7 nitrogen and oxygen atoms in total. The molecule has 1 aromatic carbocycles. The monoisotopic (exact) mass is 385 g/mol. The predicted octanol–water partition coefficient (Wildman–Crippen LogP) is 2.35. The van der Waals surface area contributed by atoms with Crippen molar-refractivity contribution in [2.24, 2.45) is 7.05 Å². The summed E-state index contributed by atoms with van der Waals surface area (Å²) < 4.78 is 12.0. The smallest absolute Gasteiger partial charge is 0.331 e. The van der Waals surface area contributed by atoms with Gasteiger partial charge in [0.1, 0.15) is 5.75 Å². The second-order valence-electron chi connectivity index (χ2n) is 6.51. The average Bonchev–Trinajstić information content (AvgIpc) is 2.92. The highest BCUT2D eigenvalue weighted by molar-refractivity contribution is 5.90. The van der Waals surface area contributed by atoms with Crippen LogP contribution in [0.15, 0.2) is 30.3 Å². The third-order valence-corrected chi connectivity index (χ3v) is 4.49. The van der Waals surface area contributed by atoms with Crippen LogP contribution >= 0.6 is 0 Å². The number of benzene rings is 1. The van der Waals surface area contributed by atoms with Crippen molar-refractivity contribution < 1.29 is 19.1 Å². The van der Waals surface area contributed by atoms with E-state index in [0.717, 1.165) is 28.3 Å². The van der Waals surface area contributed by atoms with E-state index in [1.807, 2.05) is 45.2 Å². The molecule has 28 heavy (non-hydrogen) atoms. The number of carbonyl (C=O) groups is 2. The Morgan fingerprint density at radius 1 is 1.25 bits per heavy atom. The summed E-state index contributed by atoms with van der Waals surface area (Å²) in [5.41, 5.74) is 3.73. The number of esters is 1. The fourth-order valence-electron chi connectivity index (χ4n) is 2.72.